The molecule has 4 nitrogen and oxygen atoms in total. The summed E-state index contributed by atoms with van der Waals surface area (Å²) in [5.74, 6) is -0.999. The van der Waals surface area contributed by atoms with Gasteiger partial charge in [-0.2, -0.15) is 4.39 Å². The minimum Gasteiger partial charge on any atom is -0.374 e. The zero-order valence-electron chi connectivity index (χ0n) is 10.3. The fraction of sp³-hybridized carbons (Fsp3) is 0.500. The summed E-state index contributed by atoms with van der Waals surface area (Å²) < 4.78 is 18.2. The largest absolute Gasteiger partial charge is 0.374 e. The molecule has 1 aromatic rings. The van der Waals surface area contributed by atoms with E-state index in [1.54, 1.807) is 0 Å². The van der Waals surface area contributed by atoms with Gasteiger partial charge in [-0.25, -0.2) is 4.98 Å². The first-order valence-electron chi connectivity index (χ1n) is 5.48. The van der Waals surface area contributed by atoms with Gasteiger partial charge in [-0.05, 0) is 26.8 Å². The maximum Gasteiger partial charge on any atom is 0.251 e. The van der Waals surface area contributed by atoms with Crippen molar-refractivity contribution in [3.63, 3.8) is 0 Å². The Balaban J connectivity index is 2.56. The number of rotatable bonds is 5. The van der Waals surface area contributed by atoms with E-state index in [1.807, 2.05) is 20.8 Å². The Kier molecular flexibility index (Phi) is 4.57. The number of amides is 1. The summed E-state index contributed by atoms with van der Waals surface area (Å²) in [5, 5.41) is 2.69. The molecule has 94 valence electrons. The van der Waals surface area contributed by atoms with Crippen LogP contribution in [-0.2, 0) is 4.74 Å². The van der Waals surface area contributed by atoms with Crippen molar-refractivity contribution in [2.24, 2.45) is 0 Å². The van der Waals surface area contributed by atoms with Crippen molar-refractivity contribution in [1.29, 1.82) is 0 Å². The van der Waals surface area contributed by atoms with Gasteiger partial charge in [0.25, 0.3) is 5.91 Å². The minimum atomic E-state index is -0.665. The van der Waals surface area contributed by atoms with Gasteiger partial charge in [0.2, 0.25) is 5.95 Å². The minimum absolute atomic E-state index is 0.254. The first-order valence-corrected chi connectivity index (χ1v) is 5.48. The van der Waals surface area contributed by atoms with Gasteiger partial charge in [0.15, 0.2) is 0 Å². The first-order chi connectivity index (χ1) is 7.94. The molecule has 1 heterocycles. The van der Waals surface area contributed by atoms with E-state index in [4.69, 9.17) is 4.74 Å². The van der Waals surface area contributed by atoms with Crippen LogP contribution in [0.1, 0.15) is 31.1 Å². The van der Waals surface area contributed by atoms with Crippen LogP contribution in [0.2, 0.25) is 0 Å². The lowest BCUT2D eigenvalue weighted by Crippen LogP contribution is -2.40. The van der Waals surface area contributed by atoms with Crippen molar-refractivity contribution in [2.45, 2.75) is 26.4 Å². The maximum atomic E-state index is 12.8. The van der Waals surface area contributed by atoms with Gasteiger partial charge in [-0.15, -0.1) is 0 Å². The van der Waals surface area contributed by atoms with E-state index < -0.39 is 11.5 Å². The molecule has 0 atom stereocenters. The highest BCUT2D eigenvalue weighted by molar-refractivity contribution is 5.94. The summed E-state index contributed by atoms with van der Waals surface area (Å²) in [5.41, 5.74) is -0.180. The molecule has 0 saturated carbocycles. The van der Waals surface area contributed by atoms with Crippen LogP contribution in [0.25, 0.3) is 0 Å². The fourth-order valence-corrected chi connectivity index (χ4v) is 1.38. The quantitative estimate of drug-likeness (QED) is 0.798. The first kappa shape index (κ1) is 13.6. The van der Waals surface area contributed by atoms with Crippen LogP contribution < -0.4 is 5.32 Å². The van der Waals surface area contributed by atoms with E-state index in [0.717, 1.165) is 6.07 Å². The van der Waals surface area contributed by atoms with Gasteiger partial charge >= 0.3 is 0 Å². The lowest BCUT2D eigenvalue weighted by atomic mass is 10.1. The van der Waals surface area contributed by atoms with E-state index in [2.05, 4.69) is 10.3 Å². The summed E-state index contributed by atoms with van der Waals surface area (Å²) in [6, 6.07) is 2.56. The highest BCUT2D eigenvalue weighted by Gasteiger charge is 2.19. The van der Waals surface area contributed by atoms with Gasteiger partial charge in [-0.3, -0.25) is 4.79 Å². The Hall–Kier alpha value is -1.49. The molecule has 0 aliphatic heterocycles. The van der Waals surface area contributed by atoms with E-state index in [-0.39, 0.29) is 11.5 Å². The molecule has 17 heavy (non-hydrogen) atoms. The van der Waals surface area contributed by atoms with Crippen LogP contribution in [0.3, 0.4) is 0 Å². The zero-order chi connectivity index (χ0) is 12.9. The molecular weight excluding hydrogens is 223 g/mol. The Bertz CT molecular complexity index is 394. The van der Waals surface area contributed by atoms with Crippen LogP contribution in [-0.4, -0.2) is 29.6 Å². The molecule has 1 aromatic heterocycles. The molecule has 0 fully saturated rings. The molecule has 0 spiro atoms. The van der Waals surface area contributed by atoms with Crippen LogP contribution in [0.4, 0.5) is 4.39 Å². The Morgan fingerprint density at radius 2 is 2.29 bits per heavy atom. The van der Waals surface area contributed by atoms with Gasteiger partial charge < -0.3 is 10.1 Å². The number of carbonyl (C=O) groups is 1. The molecule has 0 saturated heterocycles. The van der Waals surface area contributed by atoms with E-state index in [0.29, 0.717) is 13.2 Å². The van der Waals surface area contributed by atoms with Crippen LogP contribution >= 0.6 is 0 Å². The van der Waals surface area contributed by atoms with Gasteiger partial charge in [0.1, 0.15) is 0 Å². The zero-order valence-corrected chi connectivity index (χ0v) is 10.3. The number of pyridine rings is 1. The predicted molar refractivity (Wildman–Crippen MR) is 62.2 cm³/mol. The van der Waals surface area contributed by atoms with Crippen LogP contribution in [0.15, 0.2) is 18.3 Å². The molecular formula is C12H17FN2O2. The van der Waals surface area contributed by atoms with Crippen LogP contribution in [0, 0.1) is 5.95 Å². The third-order valence-electron chi connectivity index (χ3n) is 2.20. The average molecular weight is 240 g/mol. The number of halogens is 1. The molecule has 5 heteroatoms. The second kappa shape index (κ2) is 5.72. The third kappa shape index (κ3) is 4.48. The Morgan fingerprint density at radius 3 is 2.88 bits per heavy atom. The standard InChI is InChI=1S/C12H17FN2O2/c1-4-17-12(2,3)8-15-11(16)9-5-6-14-10(13)7-9/h5-7H,4,8H2,1-3H3,(H,15,16). The van der Waals surface area contributed by atoms with Crippen molar-refractivity contribution in [3.8, 4) is 0 Å². The topological polar surface area (TPSA) is 51.2 Å². The number of hydrogen-bond acceptors (Lipinski definition) is 3. The number of ether oxygens (including phenoxy) is 1. The second-order valence-corrected chi connectivity index (χ2v) is 4.24. The predicted octanol–water partition coefficient (Wildman–Crippen LogP) is 1.77. The van der Waals surface area contributed by atoms with E-state index >= 15 is 0 Å². The summed E-state index contributed by atoms with van der Waals surface area (Å²) in [6.45, 7) is 6.59. The highest BCUT2D eigenvalue weighted by atomic mass is 19.1. The van der Waals surface area contributed by atoms with Crippen molar-refractivity contribution >= 4 is 5.91 Å². The lowest BCUT2D eigenvalue weighted by Gasteiger charge is -2.24. The molecule has 1 amide bonds. The monoisotopic (exact) mass is 240 g/mol. The second-order valence-electron chi connectivity index (χ2n) is 4.24. The Morgan fingerprint density at radius 1 is 1.59 bits per heavy atom. The van der Waals surface area contributed by atoms with Gasteiger partial charge in [0, 0.05) is 31.0 Å². The highest BCUT2D eigenvalue weighted by Crippen LogP contribution is 2.07. The molecule has 0 radical (unpaired) electrons. The van der Waals surface area contributed by atoms with E-state index in [1.165, 1.54) is 12.3 Å². The molecule has 0 bridgehead atoms. The lowest BCUT2D eigenvalue weighted by molar-refractivity contribution is -0.00815. The smallest absolute Gasteiger partial charge is 0.251 e. The summed E-state index contributed by atoms with van der Waals surface area (Å²) in [7, 11) is 0. The molecule has 0 unspecified atom stereocenters. The van der Waals surface area contributed by atoms with Crippen molar-refractivity contribution < 1.29 is 13.9 Å². The normalized spacial score (nSPS) is 11.3. The summed E-state index contributed by atoms with van der Waals surface area (Å²) in [6.07, 6.45) is 1.26. The van der Waals surface area contributed by atoms with Crippen molar-refractivity contribution in [3.05, 3.63) is 29.8 Å². The summed E-state index contributed by atoms with van der Waals surface area (Å²) >= 11 is 0. The maximum absolute atomic E-state index is 12.8. The van der Waals surface area contributed by atoms with Crippen LogP contribution in [0.5, 0.6) is 0 Å². The number of nitrogens with zero attached hydrogens (tertiary/aromatic N) is 1. The fourth-order valence-electron chi connectivity index (χ4n) is 1.38. The Labute approximate surface area is 100 Å². The number of carbonyl (C=O) groups excluding carboxylic acids is 1. The number of aromatic nitrogens is 1. The molecule has 1 rings (SSSR count). The van der Waals surface area contributed by atoms with E-state index in [9.17, 15) is 9.18 Å². The number of nitrogens with one attached hydrogen (secondary N) is 1. The van der Waals surface area contributed by atoms with Crippen molar-refractivity contribution in [2.75, 3.05) is 13.2 Å². The third-order valence-corrected chi connectivity index (χ3v) is 2.20. The summed E-state index contributed by atoms with van der Waals surface area (Å²) in [4.78, 5) is 15.1. The SMILES string of the molecule is CCOC(C)(C)CNC(=O)c1ccnc(F)c1. The molecule has 1 N–H and O–H groups in total. The number of hydrogen-bond donors (Lipinski definition) is 1. The van der Waals surface area contributed by atoms with Gasteiger partial charge in [0.05, 0.1) is 5.60 Å². The van der Waals surface area contributed by atoms with Gasteiger partial charge in [-0.1, -0.05) is 0 Å². The molecule has 0 aliphatic carbocycles. The molecule has 0 aliphatic rings. The molecule has 0 aromatic carbocycles. The average Bonchev–Trinajstić information content (AvgIpc) is 2.26. The van der Waals surface area contributed by atoms with Crippen molar-refractivity contribution in [1.82, 2.24) is 10.3 Å².